The SMILES string of the molecule is CN(CC1CCCCO1)C(=O)NCCCCCCC(=O)O. The number of amides is 2. The fraction of sp³-hybridized carbons (Fsp3) is 0.867. The molecule has 0 aromatic heterocycles. The van der Waals surface area contributed by atoms with Crippen molar-refractivity contribution in [1.29, 1.82) is 0 Å². The Kier molecular flexibility index (Phi) is 8.82. The van der Waals surface area contributed by atoms with Crippen molar-refractivity contribution in [2.45, 2.75) is 57.5 Å². The Balaban J connectivity index is 2.00. The number of carboxylic acids is 1. The highest BCUT2D eigenvalue weighted by Gasteiger charge is 2.18. The van der Waals surface area contributed by atoms with Gasteiger partial charge in [-0.15, -0.1) is 0 Å². The second-order valence-corrected chi connectivity index (χ2v) is 5.66. The van der Waals surface area contributed by atoms with E-state index in [9.17, 15) is 9.59 Å². The second kappa shape index (κ2) is 10.4. The van der Waals surface area contributed by atoms with E-state index in [0.29, 0.717) is 19.5 Å². The fourth-order valence-electron chi connectivity index (χ4n) is 2.42. The largest absolute Gasteiger partial charge is 0.481 e. The van der Waals surface area contributed by atoms with E-state index >= 15 is 0 Å². The van der Waals surface area contributed by atoms with Gasteiger partial charge >= 0.3 is 12.0 Å². The molecule has 1 aliphatic rings. The van der Waals surface area contributed by atoms with Gasteiger partial charge in [0.1, 0.15) is 0 Å². The molecule has 1 heterocycles. The first-order valence-corrected chi connectivity index (χ1v) is 7.92. The summed E-state index contributed by atoms with van der Waals surface area (Å²) in [5.41, 5.74) is 0. The maximum absolute atomic E-state index is 11.9. The van der Waals surface area contributed by atoms with E-state index in [2.05, 4.69) is 5.32 Å². The van der Waals surface area contributed by atoms with Gasteiger partial charge in [0, 0.05) is 33.2 Å². The average molecular weight is 300 g/mol. The highest BCUT2D eigenvalue weighted by atomic mass is 16.5. The van der Waals surface area contributed by atoms with Gasteiger partial charge in [0.05, 0.1) is 6.10 Å². The molecule has 122 valence electrons. The van der Waals surface area contributed by atoms with Crippen LogP contribution in [-0.4, -0.2) is 54.9 Å². The first kappa shape index (κ1) is 17.8. The standard InChI is InChI=1S/C15H28N2O4/c1-17(12-13-8-5-7-11-21-13)15(20)16-10-6-3-2-4-9-14(18)19/h13H,2-12H2,1H3,(H,16,20)(H,18,19). The molecule has 0 aromatic carbocycles. The van der Waals surface area contributed by atoms with Crippen LogP contribution in [0.1, 0.15) is 51.4 Å². The van der Waals surface area contributed by atoms with Crippen LogP contribution < -0.4 is 5.32 Å². The number of unbranched alkanes of at least 4 members (excludes halogenated alkanes) is 3. The van der Waals surface area contributed by atoms with Crippen LogP contribution in [0.25, 0.3) is 0 Å². The van der Waals surface area contributed by atoms with E-state index in [1.165, 1.54) is 6.42 Å². The van der Waals surface area contributed by atoms with Gasteiger partial charge in [-0.3, -0.25) is 4.79 Å². The van der Waals surface area contributed by atoms with Crippen molar-refractivity contribution in [3.05, 3.63) is 0 Å². The lowest BCUT2D eigenvalue weighted by Crippen LogP contribution is -2.42. The zero-order valence-corrected chi connectivity index (χ0v) is 13.0. The number of rotatable bonds is 9. The maximum Gasteiger partial charge on any atom is 0.317 e. The fourth-order valence-corrected chi connectivity index (χ4v) is 2.42. The highest BCUT2D eigenvalue weighted by Crippen LogP contribution is 2.13. The minimum absolute atomic E-state index is 0.0605. The number of ether oxygens (including phenoxy) is 1. The molecule has 0 radical (unpaired) electrons. The molecule has 1 unspecified atom stereocenters. The van der Waals surface area contributed by atoms with Crippen molar-refractivity contribution >= 4 is 12.0 Å². The molecule has 1 fully saturated rings. The number of nitrogens with one attached hydrogen (secondary N) is 1. The molecule has 0 bridgehead atoms. The van der Waals surface area contributed by atoms with Gasteiger partial charge in [-0.1, -0.05) is 12.8 Å². The van der Waals surface area contributed by atoms with Crippen LogP contribution in [0.15, 0.2) is 0 Å². The minimum atomic E-state index is -0.741. The summed E-state index contributed by atoms with van der Waals surface area (Å²) < 4.78 is 5.62. The molecule has 0 aromatic rings. The van der Waals surface area contributed by atoms with Crippen molar-refractivity contribution in [1.82, 2.24) is 10.2 Å². The number of urea groups is 1. The molecular formula is C15H28N2O4. The van der Waals surface area contributed by atoms with E-state index in [1.807, 2.05) is 0 Å². The van der Waals surface area contributed by atoms with Crippen LogP contribution in [-0.2, 0) is 9.53 Å². The summed E-state index contributed by atoms with van der Waals surface area (Å²) in [6, 6.07) is -0.0605. The average Bonchev–Trinajstić information content (AvgIpc) is 2.46. The maximum atomic E-state index is 11.9. The van der Waals surface area contributed by atoms with E-state index in [1.54, 1.807) is 11.9 Å². The molecule has 6 heteroatoms. The summed E-state index contributed by atoms with van der Waals surface area (Å²) in [5, 5.41) is 11.4. The lowest BCUT2D eigenvalue weighted by Gasteiger charge is -2.27. The number of likely N-dealkylation sites (N-methyl/N-ethyl adjacent to an activating group) is 1. The number of aliphatic carboxylic acids is 1. The first-order valence-electron chi connectivity index (χ1n) is 7.92. The van der Waals surface area contributed by atoms with Crippen molar-refractivity contribution in [2.24, 2.45) is 0 Å². The molecule has 1 saturated heterocycles. The van der Waals surface area contributed by atoms with Gasteiger partial charge in [-0.05, 0) is 32.1 Å². The molecule has 21 heavy (non-hydrogen) atoms. The van der Waals surface area contributed by atoms with E-state index in [-0.39, 0.29) is 18.6 Å². The normalized spacial score (nSPS) is 18.2. The predicted molar refractivity (Wildman–Crippen MR) is 80.3 cm³/mol. The summed E-state index contributed by atoms with van der Waals surface area (Å²) >= 11 is 0. The van der Waals surface area contributed by atoms with Gasteiger partial charge in [-0.2, -0.15) is 0 Å². The summed E-state index contributed by atoms with van der Waals surface area (Å²) in [6.07, 6.45) is 7.17. The molecule has 6 nitrogen and oxygen atoms in total. The highest BCUT2D eigenvalue weighted by molar-refractivity contribution is 5.73. The molecule has 0 spiro atoms. The Morgan fingerprint density at radius 3 is 2.67 bits per heavy atom. The second-order valence-electron chi connectivity index (χ2n) is 5.66. The third kappa shape index (κ3) is 8.55. The molecule has 0 saturated carbocycles. The number of hydrogen-bond donors (Lipinski definition) is 2. The van der Waals surface area contributed by atoms with Crippen molar-refractivity contribution in [2.75, 3.05) is 26.7 Å². The summed E-state index contributed by atoms with van der Waals surface area (Å²) in [5.74, 6) is -0.741. The molecule has 1 rings (SSSR count). The Morgan fingerprint density at radius 1 is 1.24 bits per heavy atom. The van der Waals surface area contributed by atoms with Crippen LogP contribution in [0.2, 0.25) is 0 Å². The van der Waals surface area contributed by atoms with Crippen LogP contribution in [0.3, 0.4) is 0 Å². The Labute approximate surface area is 126 Å². The van der Waals surface area contributed by atoms with Crippen molar-refractivity contribution in [3.63, 3.8) is 0 Å². The van der Waals surface area contributed by atoms with Gasteiger partial charge in [-0.25, -0.2) is 4.79 Å². The van der Waals surface area contributed by atoms with Crippen LogP contribution >= 0.6 is 0 Å². The Hall–Kier alpha value is -1.30. The Morgan fingerprint density at radius 2 is 2.00 bits per heavy atom. The zero-order chi connectivity index (χ0) is 15.5. The van der Waals surface area contributed by atoms with Crippen molar-refractivity contribution in [3.8, 4) is 0 Å². The van der Waals surface area contributed by atoms with Gasteiger partial charge in [0.25, 0.3) is 0 Å². The Bertz CT molecular complexity index is 317. The quantitative estimate of drug-likeness (QED) is 0.640. The molecular weight excluding hydrogens is 272 g/mol. The van der Waals surface area contributed by atoms with Crippen molar-refractivity contribution < 1.29 is 19.4 Å². The predicted octanol–water partition coefficient (Wildman–Crippen LogP) is 2.23. The van der Waals surface area contributed by atoms with Crippen LogP contribution in [0.4, 0.5) is 4.79 Å². The lowest BCUT2D eigenvalue weighted by atomic mass is 10.1. The molecule has 1 aliphatic heterocycles. The third-order valence-corrected chi connectivity index (χ3v) is 3.69. The number of carboxylic acid groups (broad SMARTS) is 1. The topological polar surface area (TPSA) is 78.9 Å². The van der Waals surface area contributed by atoms with Gasteiger partial charge < -0.3 is 20.1 Å². The zero-order valence-electron chi connectivity index (χ0n) is 13.0. The lowest BCUT2D eigenvalue weighted by molar-refractivity contribution is -0.137. The number of carbonyl (C=O) groups excluding carboxylic acids is 1. The number of nitrogens with zero attached hydrogens (tertiary/aromatic N) is 1. The molecule has 2 amide bonds. The summed E-state index contributed by atoms with van der Waals surface area (Å²) in [7, 11) is 1.79. The summed E-state index contributed by atoms with van der Waals surface area (Å²) in [6.45, 7) is 2.09. The van der Waals surface area contributed by atoms with Gasteiger partial charge in [0.2, 0.25) is 0 Å². The van der Waals surface area contributed by atoms with Gasteiger partial charge in [0.15, 0.2) is 0 Å². The number of hydrogen-bond acceptors (Lipinski definition) is 3. The van der Waals surface area contributed by atoms with E-state index in [0.717, 1.165) is 38.7 Å². The molecule has 0 aliphatic carbocycles. The third-order valence-electron chi connectivity index (χ3n) is 3.69. The van der Waals surface area contributed by atoms with E-state index in [4.69, 9.17) is 9.84 Å². The minimum Gasteiger partial charge on any atom is -0.481 e. The van der Waals surface area contributed by atoms with Crippen LogP contribution in [0, 0.1) is 0 Å². The van der Waals surface area contributed by atoms with E-state index < -0.39 is 5.97 Å². The molecule has 2 N–H and O–H groups in total. The van der Waals surface area contributed by atoms with Crippen LogP contribution in [0.5, 0.6) is 0 Å². The first-order chi connectivity index (χ1) is 10.1. The molecule has 1 atom stereocenters. The smallest absolute Gasteiger partial charge is 0.317 e. The monoisotopic (exact) mass is 300 g/mol. The summed E-state index contributed by atoms with van der Waals surface area (Å²) in [4.78, 5) is 23.9. The number of carbonyl (C=O) groups is 2.